The van der Waals surface area contributed by atoms with Gasteiger partial charge in [0.2, 0.25) is 5.91 Å². The normalized spacial score (nSPS) is 30.7. The summed E-state index contributed by atoms with van der Waals surface area (Å²) in [4.78, 5) is 21.1. The first-order chi connectivity index (χ1) is 10.7. The topological polar surface area (TPSA) is 60.2 Å². The maximum Gasteiger partial charge on any atom is 0.222 e. The molecule has 114 valence electrons. The second-order valence-electron chi connectivity index (χ2n) is 6.77. The maximum absolute atomic E-state index is 12.2. The summed E-state index contributed by atoms with van der Waals surface area (Å²) in [6.07, 6.45) is 4.13. The zero-order chi connectivity index (χ0) is 15.1. The standard InChI is InChI=1S/C17H20N4O/c18-8-14-3-1-5-16(19-14)20-9-12-7-13(11-20)15-4-2-6-17(22)21(15)10-12/h1,3,5,12-13,15H,2,4,6-7,9-11H2/t12-,13-,15+/m1/s1. The number of piperidine rings is 3. The van der Waals surface area contributed by atoms with Gasteiger partial charge in [0, 0.05) is 32.1 Å². The molecule has 0 radical (unpaired) electrons. The number of anilines is 1. The average molecular weight is 296 g/mol. The lowest BCUT2D eigenvalue weighted by molar-refractivity contribution is -0.142. The Hall–Kier alpha value is -2.09. The van der Waals surface area contributed by atoms with Crippen LogP contribution in [0.15, 0.2) is 18.2 Å². The predicted octanol–water partition coefficient (Wildman–Crippen LogP) is 1.79. The molecule has 0 aromatic carbocycles. The van der Waals surface area contributed by atoms with Crippen LogP contribution in [-0.4, -0.2) is 41.5 Å². The molecule has 3 aliphatic rings. The molecule has 0 unspecified atom stereocenters. The number of fused-ring (bicyclic) bond motifs is 4. The highest BCUT2D eigenvalue weighted by Gasteiger charge is 2.44. The van der Waals surface area contributed by atoms with Gasteiger partial charge in [-0.1, -0.05) is 6.07 Å². The van der Waals surface area contributed by atoms with E-state index in [0.29, 0.717) is 29.5 Å². The highest BCUT2D eigenvalue weighted by molar-refractivity contribution is 5.77. The predicted molar refractivity (Wildman–Crippen MR) is 82.1 cm³/mol. The molecule has 5 heteroatoms. The third-order valence-corrected chi connectivity index (χ3v) is 5.35. The molecule has 1 amide bonds. The quantitative estimate of drug-likeness (QED) is 0.793. The Labute approximate surface area is 130 Å². The van der Waals surface area contributed by atoms with Gasteiger partial charge in [0.25, 0.3) is 0 Å². The fourth-order valence-corrected chi connectivity index (χ4v) is 4.46. The van der Waals surface area contributed by atoms with Crippen molar-refractivity contribution >= 4 is 11.7 Å². The summed E-state index contributed by atoms with van der Waals surface area (Å²) in [5.74, 6) is 2.34. The fourth-order valence-electron chi connectivity index (χ4n) is 4.46. The molecule has 3 atom stereocenters. The van der Waals surface area contributed by atoms with Crippen molar-refractivity contribution in [3.8, 4) is 6.07 Å². The number of carbonyl (C=O) groups is 1. The summed E-state index contributed by atoms with van der Waals surface area (Å²) in [5, 5.41) is 9.03. The van der Waals surface area contributed by atoms with E-state index in [-0.39, 0.29) is 0 Å². The van der Waals surface area contributed by atoms with Gasteiger partial charge >= 0.3 is 0 Å². The van der Waals surface area contributed by atoms with Crippen LogP contribution in [0.1, 0.15) is 31.4 Å². The molecule has 22 heavy (non-hydrogen) atoms. The van der Waals surface area contributed by atoms with Crippen LogP contribution in [0.25, 0.3) is 0 Å². The molecule has 3 aliphatic heterocycles. The molecule has 3 fully saturated rings. The van der Waals surface area contributed by atoms with Crippen molar-refractivity contribution < 1.29 is 4.79 Å². The van der Waals surface area contributed by atoms with Crippen molar-refractivity contribution in [2.24, 2.45) is 11.8 Å². The van der Waals surface area contributed by atoms with E-state index in [1.54, 1.807) is 6.07 Å². The fraction of sp³-hybridized carbons (Fsp3) is 0.588. The van der Waals surface area contributed by atoms with Crippen molar-refractivity contribution in [2.75, 3.05) is 24.5 Å². The van der Waals surface area contributed by atoms with Crippen LogP contribution < -0.4 is 4.90 Å². The van der Waals surface area contributed by atoms with Gasteiger partial charge in [0.1, 0.15) is 17.6 Å². The van der Waals surface area contributed by atoms with Crippen LogP contribution in [0.2, 0.25) is 0 Å². The minimum absolute atomic E-state index is 0.351. The number of pyridine rings is 1. The van der Waals surface area contributed by atoms with E-state index in [0.717, 1.165) is 44.7 Å². The average Bonchev–Trinajstić information content (AvgIpc) is 2.56. The number of aromatic nitrogens is 1. The Morgan fingerprint density at radius 1 is 1.27 bits per heavy atom. The van der Waals surface area contributed by atoms with Crippen molar-refractivity contribution in [1.29, 1.82) is 5.26 Å². The zero-order valence-corrected chi connectivity index (χ0v) is 12.6. The smallest absolute Gasteiger partial charge is 0.222 e. The van der Waals surface area contributed by atoms with Crippen molar-refractivity contribution in [2.45, 2.75) is 31.7 Å². The van der Waals surface area contributed by atoms with Crippen LogP contribution in [0.5, 0.6) is 0 Å². The largest absolute Gasteiger partial charge is 0.356 e. The summed E-state index contributed by atoms with van der Waals surface area (Å²) in [6.45, 7) is 2.79. The number of nitrogens with zero attached hydrogens (tertiary/aromatic N) is 4. The molecule has 4 heterocycles. The number of hydrogen-bond donors (Lipinski definition) is 0. The molecule has 0 N–H and O–H groups in total. The van der Waals surface area contributed by atoms with Crippen LogP contribution in [0.3, 0.4) is 0 Å². The molecule has 3 saturated heterocycles. The van der Waals surface area contributed by atoms with Gasteiger partial charge in [0.15, 0.2) is 0 Å². The Morgan fingerprint density at radius 3 is 3.05 bits per heavy atom. The summed E-state index contributed by atoms with van der Waals surface area (Å²) in [6, 6.07) is 8.18. The van der Waals surface area contributed by atoms with Crippen molar-refractivity contribution in [3.63, 3.8) is 0 Å². The monoisotopic (exact) mass is 296 g/mol. The minimum atomic E-state index is 0.351. The molecule has 0 spiro atoms. The van der Waals surface area contributed by atoms with E-state index in [4.69, 9.17) is 5.26 Å². The van der Waals surface area contributed by atoms with E-state index in [1.165, 1.54) is 6.42 Å². The van der Waals surface area contributed by atoms with Gasteiger partial charge in [-0.25, -0.2) is 4.98 Å². The first-order valence-electron chi connectivity index (χ1n) is 8.16. The van der Waals surface area contributed by atoms with Gasteiger partial charge < -0.3 is 9.80 Å². The highest BCUT2D eigenvalue weighted by Crippen LogP contribution is 2.38. The van der Waals surface area contributed by atoms with Crippen LogP contribution in [0, 0.1) is 23.2 Å². The van der Waals surface area contributed by atoms with Gasteiger partial charge in [-0.15, -0.1) is 0 Å². The van der Waals surface area contributed by atoms with E-state index < -0.39 is 0 Å². The molecule has 1 aromatic rings. The lowest BCUT2D eigenvalue weighted by atomic mass is 9.76. The van der Waals surface area contributed by atoms with Crippen LogP contribution in [0.4, 0.5) is 5.82 Å². The SMILES string of the molecule is N#Cc1cccc(N2C[C@H]3C[C@H](C2)[C@@H]2CCCC(=O)N2C3)n1. The van der Waals surface area contributed by atoms with Crippen LogP contribution >= 0.6 is 0 Å². The third-order valence-electron chi connectivity index (χ3n) is 5.35. The molecular weight excluding hydrogens is 276 g/mol. The molecule has 0 aliphatic carbocycles. The number of amides is 1. The molecule has 1 aromatic heterocycles. The van der Waals surface area contributed by atoms with E-state index >= 15 is 0 Å². The molecular formula is C17H20N4O. The third kappa shape index (κ3) is 2.23. The number of hydrogen-bond acceptors (Lipinski definition) is 4. The van der Waals surface area contributed by atoms with E-state index in [1.807, 2.05) is 12.1 Å². The minimum Gasteiger partial charge on any atom is -0.356 e. The van der Waals surface area contributed by atoms with Gasteiger partial charge in [-0.05, 0) is 43.2 Å². The number of nitriles is 1. The summed E-state index contributed by atoms with van der Waals surface area (Å²) in [7, 11) is 0. The summed E-state index contributed by atoms with van der Waals surface area (Å²) >= 11 is 0. The van der Waals surface area contributed by atoms with E-state index in [2.05, 4.69) is 20.9 Å². The first kappa shape index (κ1) is 13.6. The molecule has 5 nitrogen and oxygen atoms in total. The van der Waals surface area contributed by atoms with Gasteiger partial charge in [-0.3, -0.25) is 4.79 Å². The van der Waals surface area contributed by atoms with Gasteiger partial charge in [0.05, 0.1) is 0 Å². The summed E-state index contributed by atoms with van der Waals surface area (Å²) < 4.78 is 0. The molecule has 4 rings (SSSR count). The first-order valence-corrected chi connectivity index (χ1v) is 8.16. The second kappa shape index (κ2) is 5.28. The Morgan fingerprint density at radius 2 is 2.18 bits per heavy atom. The lowest BCUT2D eigenvalue weighted by Gasteiger charge is -2.52. The van der Waals surface area contributed by atoms with Crippen LogP contribution in [-0.2, 0) is 4.79 Å². The second-order valence-corrected chi connectivity index (χ2v) is 6.77. The zero-order valence-electron chi connectivity index (χ0n) is 12.6. The van der Waals surface area contributed by atoms with Gasteiger partial charge in [-0.2, -0.15) is 5.26 Å². The number of carbonyl (C=O) groups excluding carboxylic acids is 1. The Bertz CT molecular complexity index is 638. The maximum atomic E-state index is 12.2. The van der Waals surface area contributed by atoms with E-state index in [9.17, 15) is 4.79 Å². The lowest BCUT2D eigenvalue weighted by Crippen LogP contribution is -2.60. The Balaban J connectivity index is 1.57. The summed E-state index contributed by atoms with van der Waals surface area (Å²) in [5.41, 5.74) is 0.475. The molecule has 2 bridgehead atoms. The van der Waals surface area contributed by atoms with Crippen molar-refractivity contribution in [1.82, 2.24) is 9.88 Å². The number of rotatable bonds is 1. The highest BCUT2D eigenvalue weighted by atomic mass is 16.2. The van der Waals surface area contributed by atoms with Crippen molar-refractivity contribution in [3.05, 3.63) is 23.9 Å². The Kier molecular flexibility index (Phi) is 3.25. The molecule has 0 saturated carbocycles.